The molecule has 2 heterocycles. The van der Waals surface area contributed by atoms with Gasteiger partial charge in [0.25, 0.3) is 5.69 Å². The molecule has 1 aromatic heterocycles. The fourth-order valence-corrected chi connectivity index (χ4v) is 2.95. The van der Waals surface area contributed by atoms with Crippen LogP contribution in [0.3, 0.4) is 0 Å². The van der Waals surface area contributed by atoms with Crippen molar-refractivity contribution < 1.29 is 9.66 Å². The molecule has 0 aliphatic carbocycles. The summed E-state index contributed by atoms with van der Waals surface area (Å²) in [4.78, 5) is 17.5. The molecule has 1 fully saturated rings. The minimum Gasteiger partial charge on any atom is -0.379 e. The summed E-state index contributed by atoms with van der Waals surface area (Å²) >= 11 is 0. The van der Waals surface area contributed by atoms with Crippen LogP contribution >= 0.6 is 0 Å². The molecule has 0 bridgehead atoms. The fraction of sp³-hybridized carbons (Fsp3) is 0.471. The molecule has 0 amide bonds. The molecule has 1 N–H and O–H groups in total. The van der Waals surface area contributed by atoms with E-state index in [0.29, 0.717) is 6.61 Å². The summed E-state index contributed by atoms with van der Waals surface area (Å²) in [6.07, 6.45) is 1.01. The summed E-state index contributed by atoms with van der Waals surface area (Å²) in [5.74, 6) is 0.892. The molecular formula is C17H22N4O3. The van der Waals surface area contributed by atoms with E-state index in [9.17, 15) is 10.1 Å². The van der Waals surface area contributed by atoms with Gasteiger partial charge in [0.15, 0.2) is 0 Å². The van der Waals surface area contributed by atoms with Gasteiger partial charge in [-0.05, 0) is 24.6 Å². The third-order valence-corrected chi connectivity index (χ3v) is 4.17. The SMILES string of the molecule is CCCOCC1CNCCN1c1ccc2cc([N+](=O)[O-])ccc2n1. The number of nitro benzene ring substituents is 1. The highest BCUT2D eigenvalue weighted by molar-refractivity contribution is 5.82. The molecule has 24 heavy (non-hydrogen) atoms. The maximum Gasteiger partial charge on any atom is 0.270 e. The molecule has 1 unspecified atom stereocenters. The van der Waals surface area contributed by atoms with Crippen molar-refractivity contribution >= 4 is 22.4 Å². The lowest BCUT2D eigenvalue weighted by Gasteiger charge is -2.37. The van der Waals surface area contributed by atoms with Crippen LogP contribution in [-0.2, 0) is 4.74 Å². The third kappa shape index (κ3) is 3.63. The molecule has 7 nitrogen and oxygen atoms in total. The van der Waals surface area contributed by atoms with E-state index in [4.69, 9.17) is 9.72 Å². The van der Waals surface area contributed by atoms with E-state index < -0.39 is 0 Å². The Morgan fingerprint density at radius 1 is 1.42 bits per heavy atom. The van der Waals surface area contributed by atoms with E-state index >= 15 is 0 Å². The number of aromatic nitrogens is 1. The van der Waals surface area contributed by atoms with Crippen molar-refractivity contribution in [3.05, 3.63) is 40.4 Å². The van der Waals surface area contributed by atoms with Crippen LogP contribution in [0.1, 0.15) is 13.3 Å². The molecule has 1 atom stereocenters. The number of fused-ring (bicyclic) bond motifs is 1. The van der Waals surface area contributed by atoms with Gasteiger partial charge in [0.1, 0.15) is 5.82 Å². The number of hydrogen-bond acceptors (Lipinski definition) is 6. The van der Waals surface area contributed by atoms with Gasteiger partial charge < -0.3 is 15.0 Å². The maximum absolute atomic E-state index is 10.9. The van der Waals surface area contributed by atoms with E-state index in [1.807, 2.05) is 12.1 Å². The normalized spacial score (nSPS) is 18.0. The highest BCUT2D eigenvalue weighted by atomic mass is 16.6. The van der Waals surface area contributed by atoms with Gasteiger partial charge in [0.05, 0.1) is 23.1 Å². The molecule has 1 saturated heterocycles. The van der Waals surface area contributed by atoms with E-state index in [0.717, 1.165) is 49.4 Å². The van der Waals surface area contributed by atoms with Crippen LogP contribution in [0.4, 0.5) is 11.5 Å². The average molecular weight is 330 g/mol. The first kappa shape index (κ1) is 16.6. The first-order chi connectivity index (χ1) is 11.7. The Balaban J connectivity index is 1.83. The van der Waals surface area contributed by atoms with Crippen LogP contribution in [-0.4, -0.2) is 48.8 Å². The first-order valence-electron chi connectivity index (χ1n) is 8.29. The molecule has 1 aromatic carbocycles. The van der Waals surface area contributed by atoms with Crippen LogP contribution in [0.5, 0.6) is 0 Å². The van der Waals surface area contributed by atoms with Crippen molar-refractivity contribution in [1.29, 1.82) is 0 Å². The van der Waals surface area contributed by atoms with Gasteiger partial charge in [-0.3, -0.25) is 10.1 Å². The van der Waals surface area contributed by atoms with Crippen LogP contribution in [0.25, 0.3) is 10.9 Å². The number of anilines is 1. The van der Waals surface area contributed by atoms with Crippen LogP contribution in [0.15, 0.2) is 30.3 Å². The minimum absolute atomic E-state index is 0.0880. The van der Waals surface area contributed by atoms with Crippen molar-refractivity contribution in [3.63, 3.8) is 0 Å². The van der Waals surface area contributed by atoms with Gasteiger partial charge >= 0.3 is 0 Å². The Kier molecular flexibility index (Phi) is 5.22. The number of ether oxygens (including phenoxy) is 1. The number of hydrogen-bond donors (Lipinski definition) is 1. The Labute approximate surface area is 140 Å². The summed E-state index contributed by atoms with van der Waals surface area (Å²) in [6, 6.07) is 8.85. The zero-order chi connectivity index (χ0) is 16.9. The lowest BCUT2D eigenvalue weighted by molar-refractivity contribution is -0.384. The summed E-state index contributed by atoms with van der Waals surface area (Å²) in [5.41, 5.74) is 0.856. The molecule has 2 aromatic rings. The molecule has 128 valence electrons. The summed E-state index contributed by atoms with van der Waals surface area (Å²) < 4.78 is 5.72. The van der Waals surface area contributed by atoms with Crippen LogP contribution < -0.4 is 10.2 Å². The molecule has 0 saturated carbocycles. The largest absolute Gasteiger partial charge is 0.379 e. The highest BCUT2D eigenvalue weighted by Crippen LogP contribution is 2.24. The van der Waals surface area contributed by atoms with Gasteiger partial charge in [0.2, 0.25) is 0 Å². The second kappa shape index (κ2) is 7.55. The van der Waals surface area contributed by atoms with E-state index in [1.165, 1.54) is 6.07 Å². The summed E-state index contributed by atoms with van der Waals surface area (Å²) in [6.45, 7) is 6.17. The predicted octanol–water partition coefficient (Wildman–Crippen LogP) is 2.35. The Morgan fingerprint density at radius 2 is 2.29 bits per heavy atom. The van der Waals surface area contributed by atoms with Crippen LogP contribution in [0.2, 0.25) is 0 Å². The first-order valence-corrected chi connectivity index (χ1v) is 8.29. The quantitative estimate of drug-likeness (QED) is 0.497. The maximum atomic E-state index is 10.9. The Morgan fingerprint density at radius 3 is 3.08 bits per heavy atom. The van der Waals surface area contributed by atoms with Crippen molar-refractivity contribution in [2.75, 3.05) is 37.7 Å². The fourth-order valence-electron chi connectivity index (χ4n) is 2.95. The number of piperazine rings is 1. The number of non-ortho nitro benzene ring substituents is 1. The number of pyridine rings is 1. The Hall–Kier alpha value is -2.25. The molecule has 0 spiro atoms. The molecule has 0 radical (unpaired) electrons. The standard InChI is InChI=1S/C17H22N4O3/c1-2-9-24-12-15-11-18-7-8-20(15)17-6-3-13-10-14(21(22)23)4-5-16(13)19-17/h3-6,10,15,18H,2,7-9,11-12H2,1H3. The molecule has 1 aliphatic rings. The topological polar surface area (TPSA) is 80.5 Å². The highest BCUT2D eigenvalue weighted by Gasteiger charge is 2.23. The van der Waals surface area contributed by atoms with Crippen molar-refractivity contribution in [3.8, 4) is 0 Å². The summed E-state index contributed by atoms with van der Waals surface area (Å²) in [7, 11) is 0. The second-order valence-electron chi connectivity index (χ2n) is 5.93. The average Bonchev–Trinajstić information content (AvgIpc) is 2.61. The second-order valence-corrected chi connectivity index (χ2v) is 5.93. The molecule has 7 heteroatoms. The van der Waals surface area contributed by atoms with E-state index in [1.54, 1.807) is 12.1 Å². The molecular weight excluding hydrogens is 308 g/mol. The van der Waals surface area contributed by atoms with Crippen LogP contribution in [0, 0.1) is 10.1 Å². The monoisotopic (exact) mass is 330 g/mol. The zero-order valence-corrected chi connectivity index (χ0v) is 13.8. The van der Waals surface area contributed by atoms with Gasteiger partial charge in [0, 0.05) is 43.8 Å². The predicted molar refractivity (Wildman–Crippen MR) is 93.5 cm³/mol. The van der Waals surface area contributed by atoms with Gasteiger partial charge in [-0.2, -0.15) is 0 Å². The minimum atomic E-state index is -0.384. The lowest BCUT2D eigenvalue weighted by Crippen LogP contribution is -2.53. The zero-order valence-electron chi connectivity index (χ0n) is 13.8. The van der Waals surface area contributed by atoms with E-state index in [2.05, 4.69) is 17.1 Å². The van der Waals surface area contributed by atoms with Crippen molar-refractivity contribution in [1.82, 2.24) is 10.3 Å². The number of nitrogens with one attached hydrogen (secondary N) is 1. The van der Waals surface area contributed by atoms with Gasteiger partial charge in [-0.15, -0.1) is 0 Å². The van der Waals surface area contributed by atoms with Gasteiger partial charge in [-0.1, -0.05) is 6.92 Å². The van der Waals surface area contributed by atoms with Crippen molar-refractivity contribution in [2.24, 2.45) is 0 Å². The third-order valence-electron chi connectivity index (χ3n) is 4.17. The number of rotatable bonds is 6. The summed E-state index contributed by atoms with van der Waals surface area (Å²) in [5, 5.41) is 15.1. The number of nitrogens with zero attached hydrogens (tertiary/aromatic N) is 3. The van der Waals surface area contributed by atoms with Crippen molar-refractivity contribution in [2.45, 2.75) is 19.4 Å². The number of benzene rings is 1. The Bertz CT molecular complexity index is 722. The molecule has 3 rings (SSSR count). The number of nitro groups is 1. The molecule has 1 aliphatic heterocycles. The smallest absolute Gasteiger partial charge is 0.270 e. The lowest BCUT2D eigenvalue weighted by atomic mass is 10.1. The van der Waals surface area contributed by atoms with E-state index in [-0.39, 0.29) is 16.7 Å². The van der Waals surface area contributed by atoms with Gasteiger partial charge in [-0.25, -0.2) is 4.98 Å².